The number of nitrogens with zero attached hydrogens (tertiary/aromatic N) is 2. The van der Waals surface area contributed by atoms with E-state index in [2.05, 4.69) is 6.07 Å². The van der Waals surface area contributed by atoms with Gasteiger partial charge in [-0.15, -0.1) is 0 Å². The third kappa shape index (κ3) is 2.43. The molecule has 0 fully saturated rings. The Labute approximate surface area is 95.1 Å². The monoisotopic (exact) mass is 220 g/mol. The number of hydrogen-bond acceptors (Lipinski definition) is 2. The van der Waals surface area contributed by atoms with Crippen molar-refractivity contribution in [2.75, 3.05) is 0 Å². The zero-order chi connectivity index (χ0) is 12.3. The van der Waals surface area contributed by atoms with E-state index in [0.29, 0.717) is 12.1 Å². The summed E-state index contributed by atoms with van der Waals surface area (Å²) in [7, 11) is 0. The molecule has 1 rings (SSSR count). The van der Waals surface area contributed by atoms with Crippen LogP contribution >= 0.6 is 0 Å². The average molecular weight is 220 g/mol. The van der Waals surface area contributed by atoms with E-state index >= 15 is 0 Å². The van der Waals surface area contributed by atoms with Crippen molar-refractivity contribution in [2.24, 2.45) is 0 Å². The van der Waals surface area contributed by atoms with E-state index in [1.165, 1.54) is 0 Å². The molecule has 0 saturated carbocycles. The lowest BCUT2D eigenvalue weighted by Gasteiger charge is -2.12. The van der Waals surface area contributed by atoms with E-state index in [4.69, 9.17) is 10.4 Å². The summed E-state index contributed by atoms with van der Waals surface area (Å²) in [6.07, 6.45) is 1.83. The van der Waals surface area contributed by atoms with Crippen molar-refractivity contribution in [3.8, 4) is 6.07 Å². The van der Waals surface area contributed by atoms with Gasteiger partial charge >= 0.3 is 5.97 Å². The quantitative estimate of drug-likeness (QED) is 0.846. The number of nitriles is 1. The number of aryl methyl sites for hydroxylation is 1. The summed E-state index contributed by atoms with van der Waals surface area (Å²) in [5, 5.41) is 17.6. The molecule has 1 aromatic heterocycles. The van der Waals surface area contributed by atoms with Crippen LogP contribution in [-0.4, -0.2) is 15.6 Å². The molecule has 4 nitrogen and oxygen atoms in total. The van der Waals surface area contributed by atoms with Crippen LogP contribution in [0.1, 0.15) is 43.0 Å². The maximum atomic E-state index is 10.5. The topological polar surface area (TPSA) is 66.0 Å². The molecule has 4 heteroatoms. The Morgan fingerprint density at radius 3 is 2.69 bits per heavy atom. The van der Waals surface area contributed by atoms with Gasteiger partial charge in [0.1, 0.15) is 6.07 Å². The molecule has 0 amide bonds. The lowest BCUT2D eigenvalue weighted by Crippen LogP contribution is -2.08. The molecule has 0 aliphatic rings. The highest BCUT2D eigenvalue weighted by Crippen LogP contribution is 2.24. The third-order valence-corrected chi connectivity index (χ3v) is 2.62. The Morgan fingerprint density at radius 2 is 2.25 bits per heavy atom. The van der Waals surface area contributed by atoms with Crippen molar-refractivity contribution in [1.29, 1.82) is 5.26 Å². The lowest BCUT2D eigenvalue weighted by molar-refractivity contribution is -0.137. The summed E-state index contributed by atoms with van der Waals surface area (Å²) in [6.45, 7) is 6.41. The van der Waals surface area contributed by atoms with Crippen LogP contribution in [0.2, 0.25) is 0 Å². The van der Waals surface area contributed by atoms with Gasteiger partial charge in [-0.25, -0.2) is 0 Å². The number of carboxylic acids is 1. The normalized spacial score (nSPS) is 10.4. The molecule has 0 aromatic carbocycles. The van der Waals surface area contributed by atoms with Gasteiger partial charge in [0.2, 0.25) is 0 Å². The van der Waals surface area contributed by atoms with E-state index in [1.807, 2.05) is 25.3 Å². The Hall–Kier alpha value is -1.76. The SMILES string of the molecule is Cc1c(C#N)cn(CCC(=O)O)c1C(C)C. The number of carbonyl (C=O) groups is 1. The molecule has 0 atom stereocenters. The largest absolute Gasteiger partial charge is 0.481 e. The van der Waals surface area contributed by atoms with Gasteiger partial charge in [-0.2, -0.15) is 5.26 Å². The second-order valence-corrected chi connectivity index (χ2v) is 4.16. The van der Waals surface area contributed by atoms with Crippen LogP contribution in [0, 0.1) is 18.3 Å². The smallest absolute Gasteiger partial charge is 0.305 e. The first kappa shape index (κ1) is 12.3. The number of hydrogen-bond donors (Lipinski definition) is 1. The van der Waals surface area contributed by atoms with Gasteiger partial charge in [-0.3, -0.25) is 4.79 Å². The van der Waals surface area contributed by atoms with Crippen LogP contribution in [0.25, 0.3) is 0 Å². The van der Waals surface area contributed by atoms with Crippen LogP contribution in [0.4, 0.5) is 0 Å². The summed E-state index contributed by atoms with van der Waals surface area (Å²) >= 11 is 0. The molecule has 16 heavy (non-hydrogen) atoms. The fraction of sp³-hybridized carbons (Fsp3) is 0.500. The zero-order valence-electron chi connectivity index (χ0n) is 9.82. The summed E-state index contributed by atoms with van der Waals surface area (Å²) in [6, 6.07) is 2.13. The highest BCUT2D eigenvalue weighted by atomic mass is 16.4. The molecule has 86 valence electrons. The average Bonchev–Trinajstić information content (AvgIpc) is 2.51. The lowest BCUT2D eigenvalue weighted by atomic mass is 10.0. The molecular weight excluding hydrogens is 204 g/mol. The summed E-state index contributed by atoms with van der Waals surface area (Å²) in [5.41, 5.74) is 2.65. The van der Waals surface area contributed by atoms with Gasteiger partial charge in [0.05, 0.1) is 12.0 Å². The minimum Gasteiger partial charge on any atom is -0.481 e. The Kier molecular flexibility index (Phi) is 3.73. The molecule has 0 saturated heterocycles. The molecule has 0 aliphatic carbocycles. The van der Waals surface area contributed by atoms with E-state index in [9.17, 15) is 4.79 Å². The standard InChI is InChI=1S/C12H16N2O2/c1-8(2)12-9(3)10(6-13)7-14(12)5-4-11(15)16/h7-8H,4-5H2,1-3H3,(H,15,16). The first-order valence-electron chi connectivity index (χ1n) is 5.28. The van der Waals surface area contributed by atoms with Gasteiger partial charge in [-0.05, 0) is 18.4 Å². The fourth-order valence-electron chi connectivity index (χ4n) is 1.95. The van der Waals surface area contributed by atoms with E-state index in [-0.39, 0.29) is 12.3 Å². The second-order valence-electron chi connectivity index (χ2n) is 4.16. The molecular formula is C12H16N2O2. The van der Waals surface area contributed by atoms with Crippen molar-refractivity contribution in [3.63, 3.8) is 0 Å². The van der Waals surface area contributed by atoms with Crippen LogP contribution in [0.5, 0.6) is 0 Å². The number of rotatable bonds is 4. The number of aromatic nitrogens is 1. The van der Waals surface area contributed by atoms with E-state index < -0.39 is 5.97 Å². The molecule has 0 radical (unpaired) electrons. The molecule has 1 aromatic rings. The number of aliphatic carboxylic acids is 1. The van der Waals surface area contributed by atoms with Crippen molar-refractivity contribution >= 4 is 5.97 Å². The van der Waals surface area contributed by atoms with E-state index in [0.717, 1.165) is 11.3 Å². The summed E-state index contributed by atoms with van der Waals surface area (Å²) in [5.74, 6) is -0.532. The van der Waals surface area contributed by atoms with Crippen molar-refractivity contribution in [1.82, 2.24) is 4.57 Å². The van der Waals surface area contributed by atoms with Gasteiger partial charge in [0.15, 0.2) is 0 Å². The van der Waals surface area contributed by atoms with Crippen LogP contribution in [0.15, 0.2) is 6.20 Å². The van der Waals surface area contributed by atoms with Gasteiger partial charge in [0, 0.05) is 18.4 Å². The molecule has 1 N–H and O–H groups in total. The Morgan fingerprint density at radius 1 is 1.62 bits per heavy atom. The molecule has 0 unspecified atom stereocenters. The minimum absolute atomic E-state index is 0.0821. The molecule has 0 bridgehead atoms. The predicted octanol–water partition coefficient (Wildman–Crippen LogP) is 2.27. The van der Waals surface area contributed by atoms with Gasteiger partial charge in [-0.1, -0.05) is 13.8 Å². The van der Waals surface area contributed by atoms with E-state index in [1.54, 1.807) is 6.20 Å². The van der Waals surface area contributed by atoms with Crippen LogP contribution < -0.4 is 0 Å². The van der Waals surface area contributed by atoms with Crippen molar-refractivity contribution in [2.45, 2.75) is 39.7 Å². The van der Waals surface area contributed by atoms with Crippen molar-refractivity contribution in [3.05, 3.63) is 23.0 Å². The first-order chi connectivity index (χ1) is 7.47. The third-order valence-electron chi connectivity index (χ3n) is 2.62. The molecule has 1 heterocycles. The summed E-state index contributed by atoms with van der Waals surface area (Å²) in [4.78, 5) is 10.5. The van der Waals surface area contributed by atoms with Gasteiger partial charge < -0.3 is 9.67 Å². The predicted molar refractivity (Wildman–Crippen MR) is 60.2 cm³/mol. The van der Waals surface area contributed by atoms with Crippen LogP contribution in [0.3, 0.4) is 0 Å². The Bertz CT molecular complexity index is 439. The maximum absolute atomic E-state index is 10.5. The minimum atomic E-state index is -0.820. The zero-order valence-corrected chi connectivity index (χ0v) is 9.82. The fourth-order valence-corrected chi connectivity index (χ4v) is 1.95. The summed E-state index contributed by atoms with van der Waals surface area (Å²) < 4.78 is 1.88. The molecule has 0 spiro atoms. The second kappa shape index (κ2) is 4.84. The Balaban J connectivity index is 3.08. The highest BCUT2D eigenvalue weighted by molar-refractivity contribution is 5.66. The van der Waals surface area contributed by atoms with Crippen molar-refractivity contribution < 1.29 is 9.90 Å². The molecule has 0 aliphatic heterocycles. The van der Waals surface area contributed by atoms with Crippen LogP contribution in [-0.2, 0) is 11.3 Å². The first-order valence-corrected chi connectivity index (χ1v) is 5.28. The number of carboxylic acid groups (broad SMARTS) is 1. The highest BCUT2D eigenvalue weighted by Gasteiger charge is 2.15. The van der Waals surface area contributed by atoms with Gasteiger partial charge in [0.25, 0.3) is 0 Å². The maximum Gasteiger partial charge on any atom is 0.305 e.